The maximum Gasteiger partial charge on any atom is 0.330 e. The lowest BCUT2D eigenvalue weighted by atomic mass is 10.00. The molecule has 0 N–H and O–H groups in total. The third kappa shape index (κ3) is 5.60. The maximum absolute atomic E-state index is 11.3. The fourth-order valence-electron chi connectivity index (χ4n) is 1.99. The van der Waals surface area contributed by atoms with Crippen LogP contribution in [-0.4, -0.2) is 12.1 Å². The monoisotopic (exact) mass is 210 g/mol. The Kier molecular flexibility index (Phi) is 5.44. The van der Waals surface area contributed by atoms with E-state index >= 15 is 0 Å². The van der Waals surface area contributed by atoms with Crippen molar-refractivity contribution in [1.29, 1.82) is 0 Å². The van der Waals surface area contributed by atoms with E-state index in [-0.39, 0.29) is 12.1 Å². The molecule has 15 heavy (non-hydrogen) atoms. The quantitative estimate of drug-likeness (QED) is 0.405. The van der Waals surface area contributed by atoms with Crippen molar-refractivity contribution in [2.75, 3.05) is 0 Å². The number of ether oxygens (including phenoxy) is 1. The molecule has 0 unspecified atom stereocenters. The van der Waals surface area contributed by atoms with Gasteiger partial charge in [0.2, 0.25) is 0 Å². The molecule has 0 saturated heterocycles. The summed E-state index contributed by atoms with van der Waals surface area (Å²) in [7, 11) is 0. The molecule has 0 aromatic carbocycles. The molecule has 0 bridgehead atoms. The van der Waals surface area contributed by atoms with Gasteiger partial charge in [0.15, 0.2) is 0 Å². The average molecular weight is 210 g/mol. The number of hydrogen-bond acceptors (Lipinski definition) is 2. The molecule has 0 amide bonds. The van der Waals surface area contributed by atoms with Crippen molar-refractivity contribution in [3.05, 3.63) is 12.2 Å². The lowest BCUT2D eigenvalue weighted by Gasteiger charge is -2.08. The van der Waals surface area contributed by atoms with Gasteiger partial charge in [-0.1, -0.05) is 31.8 Å². The highest BCUT2D eigenvalue weighted by molar-refractivity contribution is 5.82. The van der Waals surface area contributed by atoms with E-state index in [9.17, 15) is 4.79 Å². The van der Waals surface area contributed by atoms with Crippen LogP contribution in [0.25, 0.3) is 0 Å². The minimum Gasteiger partial charge on any atom is -0.460 e. The van der Waals surface area contributed by atoms with Crippen LogP contribution in [0.2, 0.25) is 0 Å². The second-order valence-corrected chi connectivity index (χ2v) is 4.60. The van der Waals surface area contributed by atoms with Gasteiger partial charge in [-0.05, 0) is 32.6 Å². The Morgan fingerprint density at radius 2 is 1.80 bits per heavy atom. The van der Waals surface area contributed by atoms with Gasteiger partial charge in [-0.3, -0.25) is 0 Å². The van der Waals surface area contributed by atoms with Crippen LogP contribution in [0.1, 0.15) is 52.4 Å². The number of carbonyl (C=O) groups is 1. The van der Waals surface area contributed by atoms with E-state index in [4.69, 9.17) is 4.74 Å². The molecular weight excluding hydrogens is 188 g/mol. The van der Waals surface area contributed by atoms with Crippen LogP contribution in [0.5, 0.6) is 0 Å². The maximum atomic E-state index is 11.3. The van der Waals surface area contributed by atoms with Crippen LogP contribution in [0.4, 0.5) is 0 Å². The van der Waals surface area contributed by atoms with Crippen molar-refractivity contribution in [3.63, 3.8) is 0 Å². The molecule has 0 aromatic heterocycles. The van der Waals surface area contributed by atoms with Crippen molar-refractivity contribution in [2.45, 2.75) is 58.5 Å². The van der Waals surface area contributed by atoms with E-state index in [0.29, 0.717) is 5.92 Å². The molecule has 1 rings (SSSR count). The predicted molar refractivity (Wildman–Crippen MR) is 61.6 cm³/mol. The topological polar surface area (TPSA) is 26.3 Å². The van der Waals surface area contributed by atoms with Crippen LogP contribution in [0.3, 0.4) is 0 Å². The van der Waals surface area contributed by atoms with Gasteiger partial charge in [-0.25, -0.2) is 4.79 Å². The zero-order valence-electron chi connectivity index (χ0n) is 9.87. The molecule has 0 aliphatic heterocycles. The van der Waals surface area contributed by atoms with Gasteiger partial charge in [0, 0.05) is 6.08 Å². The molecular formula is C13H22O2. The molecule has 1 fully saturated rings. The summed E-state index contributed by atoms with van der Waals surface area (Å²) in [6.45, 7) is 3.74. The minimum atomic E-state index is -0.200. The van der Waals surface area contributed by atoms with E-state index in [1.165, 1.54) is 38.5 Å². The van der Waals surface area contributed by atoms with Gasteiger partial charge in [0.1, 0.15) is 0 Å². The third-order valence-electron chi connectivity index (χ3n) is 2.76. The Morgan fingerprint density at radius 3 is 2.33 bits per heavy atom. The van der Waals surface area contributed by atoms with Gasteiger partial charge in [-0.15, -0.1) is 0 Å². The molecule has 0 heterocycles. The number of rotatable bonds is 3. The zero-order chi connectivity index (χ0) is 11.1. The largest absolute Gasteiger partial charge is 0.460 e. The summed E-state index contributed by atoms with van der Waals surface area (Å²) in [5.41, 5.74) is 0. The van der Waals surface area contributed by atoms with Crippen LogP contribution in [0, 0.1) is 5.92 Å². The van der Waals surface area contributed by atoms with E-state index in [1.807, 2.05) is 19.9 Å². The zero-order valence-corrected chi connectivity index (χ0v) is 9.87. The smallest absolute Gasteiger partial charge is 0.330 e. The van der Waals surface area contributed by atoms with E-state index in [0.717, 1.165) is 0 Å². The number of allylic oxidation sites excluding steroid dienone is 1. The Bertz CT molecular complexity index is 211. The molecule has 2 nitrogen and oxygen atoms in total. The van der Waals surface area contributed by atoms with Gasteiger partial charge in [-0.2, -0.15) is 0 Å². The van der Waals surface area contributed by atoms with Gasteiger partial charge in [0.25, 0.3) is 0 Å². The molecule has 0 spiro atoms. The summed E-state index contributed by atoms with van der Waals surface area (Å²) in [6.07, 6.45) is 11.4. The third-order valence-corrected chi connectivity index (χ3v) is 2.76. The highest BCUT2D eigenvalue weighted by atomic mass is 16.5. The van der Waals surface area contributed by atoms with E-state index < -0.39 is 0 Å². The fraction of sp³-hybridized carbons (Fsp3) is 0.769. The first-order valence-corrected chi connectivity index (χ1v) is 6.07. The van der Waals surface area contributed by atoms with Crippen molar-refractivity contribution in [1.82, 2.24) is 0 Å². The molecule has 1 aliphatic rings. The molecule has 86 valence electrons. The van der Waals surface area contributed by atoms with E-state index in [2.05, 4.69) is 0 Å². The first-order chi connectivity index (χ1) is 7.18. The summed E-state index contributed by atoms with van der Waals surface area (Å²) < 4.78 is 5.05. The number of esters is 1. The second kappa shape index (κ2) is 6.65. The van der Waals surface area contributed by atoms with Crippen molar-refractivity contribution < 1.29 is 9.53 Å². The van der Waals surface area contributed by atoms with Crippen LogP contribution >= 0.6 is 0 Å². The SMILES string of the molecule is CC(C)OC(=O)/C=C/C1CCCCCC1. The summed E-state index contributed by atoms with van der Waals surface area (Å²) in [4.78, 5) is 11.3. The second-order valence-electron chi connectivity index (χ2n) is 4.60. The molecule has 0 radical (unpaired) electrons. The standard InChI is InChI=1S/C13H22O2/c1-11(2)15-13(14)10-9-12-7-5-3-4-6-8-12/h9-12H,3-8H2,1-2H3/b10-9+. The van der Waals surface area contributed by atoms with Crippen LogP contribution in [0.15, 0.2) is 12.2 Å². The van der Waals surface area contributed by atoms with Crippen LogP contribution in [-0.2, 0) is 9.53 Å². The Morgan fingerprint density at radius 1 is 1.20 bits per heavy atom. The predicted octanol–water partition coefficient (Wildman–Crippen LogP) is 3.46. The first kappa shape index (κ1) is 12.3. The molecule has 2 heteroatoms. The molecule has 1 saturated carbocycles. The van der Waals surface area contributed by atoms with Crippen molar-refractivity contribution in [2.24, 2.45) is 5.92 Å². The summed E-state index contributed by atoms with van der Waals surface area (Å²) in [5.74, 6) is 0.390. The summed E-state index contributed by atoms with van der Waals surface area (Å²) >= 11 is 0. The lowest BCUT2D eigenvalue weighted by molar-refractivity contribution is -0.141. The molecule has 1 aliphatic carbocycles. The molecule has 0 aromatic rings. The average Bonchev–Trinajstić information content (AvgIpc) is 2.41. The van der Waals surface area contributed by atoms with Crippen LogP contribution < -0.4 is 0 Å². The number of carbonyl (C=O) groups excluding carboxylic acids is 1. The Labute approximate surface area is 92.7 Å². The van der Waals surface area contributed by atoms with Crippen molar-refractivity contribution >= 4 is 5.97 Å². The first-order valence-electron chi connectivity index (χ1n) is 6.07. The Balaban J connectivity index is 2.31. The van der Waals surface area contributed by atoms with Gasteiger partial charge < -0.3 is 4.74 Å². The lowest BCUT2D eigenvalue weighted by Crippen LogP contribution is -2.09. The highest BCUT2D eigenvalue weighted by Crippen LogP contribution is 2.23. The van der Waals surface area contributed by atoms with E-state index in [1.54, 1.807) is 6.08 Å². The van der Waals surface area contributed by atoms with Gasteiger partial charge >= 0.3 is 5.97 Å². The van der Waals surface area contributed by atoms with Gasteiger partial charge in [0.05, 0.1) is 6.10 Å². The summed E-state index contributed by atoms with van der Waals surface area (Å²) in [5, 5.41) is 0. The normalized spacial score (nSPS) is 19.4. The van der Waals surface area contributed by atoms with Crippen molar-refractivity contribution in [3.8, 4) is 0 Å². The number of hydrogen-bond donors (Lipinski definition) is 0. The summed E-state index contributed by atoms with van der Waals surface area (Å²) in [6, 6.07) is 0. The fourth-order valence-corrected chi connectivity index (χ4v) is 1.99. The molecule has 0 atom stereocenters. The Hall–Kier alpha value is -0.790. The minimum absolute atomic E-state index is 0.0173. The highest BCUT2D eigenvalue weighted by Gasteiger charge is 2.09.